The lowest BCUT2D eigenvalue weighted by Gasteiger charge is -2.19. The second-order valence-corrected chi connectivity index (χ2v) is 4.78. The first kappa shape index (κ1) is 16.4. The number of carbonyl (C=O) groups is 2. The number of rotatable bonds is 6. The fraction of sp³-hybridized carbons (Fsp3) is 0.312. The van der Waals surface area contributed by atoms with Gasteiger partial charge in [0.1, 0.15) is 6.04 Å². The predicted molar refractivity (Wildman–Crippen MR) is 79.2 cm³/mol. The summed E-state index contributed by atoms with van der Waals surface area (Å²) in [5.74, 6) is -1.66. The first-order valence-electron chi connectivity index (χ1n) is 6.69. The molecule has 0 aliphatic heterocycles. The Kier molecular flexibility index (Phi) is 6.15. The van der Waals surface area contributed by atoms with Crippen LogP contribution in [-0.4, -0.2) is 23.0 Å². The van der Waals surface area contributed by atoms with Crippen molar-refractivity contribution >= 4 is 18.0 Å². The van der Waals surface area contributed by atoms with Gasteiger partial charge in [0.05, 0.1) is 11.6 Å². The predicted octanol–water partition coefficient (Wildman–Crippen LogP) is 2.19. The molecule has 0 heterocycles. The molecule has 0 aromatic heterocycles. The SMILES string of the molecule is CC[C@H](C)[C@H](NC(=O)/C=C/c1cccc(C#N)c1)C(=O)O. The maximum absolute atomic E-state index is 11.8. The molecule has 110 valence electrons. The third-order valence-electron chi connectivity index (χ3n) is 3.22. The molecule has 0 bridgehead atoms. The van der Waals surface area contributed by atoms with Gasteiger partial charge in [0.15, 0.2) is 0 Å². The highest BCUT2D eigenvalue weighted by atomic mass is 16.4. The third kappa shape index (κ3) is 5.11. The average molecular weight is 286 g/mol. The van der Waals surface area contributed by atoms with Crippen molar-refractivity contribution in [1.82, 2.24) is 5.32 Å². The van der Waals surface area contributed by atoms with Crippen LogP contribution < -0.4 is 5.32 Å². The minimum Gasteiger partial charge on any atom is -0.480 e. The molecule has 0 aliphatic carbocycles. The molecule has 0 radical (unpaired) electrons. The summed E-state index contributed by atoms with van der Waals surface area (Å²) >= 11 is 0. The number of carboxylic acids is 1. The topological polar surface area (TPSA) is 90.2 Å². The maximum Gasteiger partial charge on any atom is 0.326 e. The first-order valence-corrected chi connectivity index (χ1v) is 6.69. The van der Waals surface area contributed by atoms with Crippen LogP contribution in [0.4, 0.5) is 0 Å². The van der Waals surface area contributed by atoms with Crippen molar-refractivity contribution < 1.29 is 14.7 Å². The summed E-state index contributed by atoms with van der Waals surface area (Å²) in [7, 11) is 0. The Bertz CT molecular complexity index is 587. The van der Waals surface area contributed by atoms with Crippen LogP contribution in [0, 0.1) is 17.2 Å². The fourth-order valence-corrected chi connectivity index (χ4v) is 1.77. The van der Waals surface area contributed by atoms with E-state index >= 15 is 0 Å². The quantitative estimate of drug-likeness (QED) is 0.784. The van der Waals surface area contributed by atoms with Crippen LogP contribution in [0.25, 0.3) is 6.08 Å². The van der Waals surface area contributed by atoms with Gasteiger partial charge in [-0.1, -0.05) is 32.4 Å². The lowest BCUT2D eigenvalue weighted by Crippen LogP contribution is -2.44. The molecule has 0 spiro atoms. The number of hydrogen-bond donors (Lipinski definition) is 2. The molecular weight excluding hydrogens is 268 g/mol. The van der Waals surface area contributed by atoms with Crippen LogP contribution in [0.5, 0.6) is 0 Å². The summed E-state index contributed by atoms with van der Waals surface area (Å²) in [6.07, 6.45) is 3.48. The maximum atomic E-state index is 11.8. The minimum absolute atomic E-state index is 0.151. The second-order valence-electron chi connectivity index (χ2n) is 4.78. The summed E-state index contributed by atoms with van der Waals surface area (Å²) in [5, 5.41) is 20.4. The molecule has 0 aliphatic rings. The van der Waals surface area contributed by atoms with Crippen molar-refractivity contribution in [3.63, 3.8) is 0 Å². The van der Waals surface area contributed by atoms with Crippen molar-refractivity contribution in [3.8, 4) is 6.07 Å². The van der Waals surface area contributed by atoms with Crippen LogP contribution in [0.1, 0.15) is 31.4 Å². The second kappa shape index (κ2) is 7.85. The number of amides is 1. The van der Waals surface area contributed by atoms with Gasteiger partial charge in [-0.15, -0.1) is 0 Å². The molecule has 21 heavy (non-hydrogen) atoms. The van der Waals surface area contributed by atoms with Crippen molar-refractivity contribution in [2.45, 2.75) is 26.3 Å². The molecule has 1 amide bonds. The Labute approximate surface area is 123 Å². The highest BCUT2D eigenvalue weighted by Gasteiger charge is 2.24. The molecule has 1 aromatic carbocycles. The number of carboxylic acid groups (broad SMARTS) is 1. The van der Waals surface area contributed by atoms with Crippen LogP contribution in [0.2, 0.25) is 0 Å². The fourth-order valence-electron chi connectivity index (χ4n) is 1.77. The van der Waals surface area contributed by atoms with Crippen molar-refractivity contribution in [1.29, 1.82) is 5.26 Å². The monoisotopic (exact) mass is 286 g/mol. The zero-order valence-electron chi connectivity index (χ0n) is 12.0. The summed E-state index contributed by atoms with van der Waals surface area (Å²) in [6.45, 7) is 3.65. The summed E-state index contributed by atoms with van der Waals surface area (Å²) in [5.41, 5.74) is 1.21. The summed E-state index contributed by atoms with van der Waals surface area (Å²) < 4.78 is 0. The summed E-state index contributed by atoms with van der Waals surface area (Å²) in [6, 6.07) is 7.90. The molecule has 2 atom stereocenters. The Balaban J connectivity index is 2.73. The number of carbonyl (C=O) groups excluding carboxylic acids is 1. The van der Waals surface area contributed by atoms with Crippen LogP contribution in [0.3, 0.4) is 0 Å². The van der Waals surface area contributed by atoms with E-state index in [0.29, 0.717) is 17.5 Å². The van der Waals surface area contributed by atoms with Gasteiger partial charge in [-0.25, -0.2) is 4.79 Å². The van der Waals surface area contributed by atoms with E-state index in [0.717, 1.165) is 0 Å². The van der Waals surface area contributed by atoms with E-state index in [1.54, 1.807) is 37.3 Å². The normalized spacial score (nSPS) is 13.4. The zero-order chi connectivity index (χ0) is 15.8. The highest BCUT2D eigenvalue weighted by Crippen LogP contribution is 2.09. The van der Waals surface area contributed by atoms with Crippen molar-refractivity contribution in [2.24, 2.45) is 5.92 Å². The first-order chi connectivity index (χ1) is 9.97. The Morgan fingerprint density at radius 2 is 2.19 bits per heavy atom. The molecule has 5 heteroatoms. The molecule has 0 saturated heterocycles. The van der Waals surface area contributed by atoms with E-state index in [-0.39, 0.29) is 5.92 Å². The molecule has 1 aromatic rings. The van der Waals surface area contributed by atoms with Gasteiger partial charge >= 0.3 is 5.97 Å². The van der Waals surface area contributed by atoms with E-state index in [1.807, 2.05) is 13.0 Å². The zero-order valence-corrected chi connectivity index (χ0v) is 12.0. The van der Waals surface area contributed by atoms with Crippen molar-refractivity contribution in [2.75, 3.05) is 0 Å². The minimum atomic E-state index is -1.04. The number of benzene rings is 1. The van der Waals surface area contributed by atoms with Gasteiger partial charge < -0.3 is 10.4 Å². The number of aliphatic carboxylic acids is 1. The van der Waals surface area contributed by atoms with Crippen LogP contribution >= 0.6 is 0 Å². The lowest BCUT2D eigenvalue weighted by atomic mass is 9.99. The highest BCUT2D eigenvalue weighted by molar-refractivity contribution is 5.94. The van der Waals surface area contributed by atoms with Gasteiger partial charge in [0, 0.05) is 6.08 Å². The van der Waals surface area contributed by atoms with E-state index in [9.17, 15) is 9.59 Å². The molecule has 2 N–H and O–H groups in total. The standard InChI is InChI=1S/C16H18N2O3/c1-3-11(2)15(16(20)21)18-14(19)8-7-12-5-4-6-13(9-12)10-17/h4-9,11,15H,3H2,1-2H3,(H,18,19)(H,20,21)/b8-7+/t11-,15-/m0/s1. The van der Waals surface area contributed by atoms with E-state index in [2.05, 4.69) is 5.32 Å². The van der Waals surface area contributed by atoms with Gasteiger partial charge in [-0.2, -0.15) is 5.26 Å². The number of nitriles is 1. The Hall–Kier alpha value is -2.61. The van der Waals surface area contributed by atoms with Crippen molar-refractivity contribution in [3.05, 3.63) is 41.5 Å². The van der Waals surface area contributed by atoms with Crippen LogP contribution in [0.15, 0.2) is 30.3 Å². The third-order valence-corrected chi connectivity index (χ3v) is 3.22. The molecule has 5 nitrogen and oxygen atoms in total. The van der Waals surface area contributed by atoms with E-state index < -0.39 is 17.9 Å². The molecular formula is C16H18N2O3. The number of hydrogen-bond acceptors (Lipinski definition) is 3. The van der Waals surface area contributed by atoms with Gasteiger partial charge in [0.2, 0.25) is 5.91 Å². The van der Waals surface area contributed by atoms with E-state index in [4.69, 9.17) is 10.4 Å². The molecule has 1 rings (SSSR count). The Morgan fingerprint density at radius 3 is 2.76 bits per heavy atom. The summed E-state index contributed by atoms with van der Waals surface area (Å²) in [4.78, 5) is 22.9. The molecule has 0 unspecified atom stereocenters. The molecule has 0 saturated carbocycles. The van der Waals surface area contributed by atoms with Gasteiger partial charge in [-0.05, 0) is 29.7 Å². The van der Waals surface area contributed by atoms with Gasteiger partial charge in [0.25, 0.3) is 0 Å². The lowest BCUT2D eigenvalue weighted by molar-refractivity contribution is -0.142. The Morgan fingerprint density at radius 1 is 1.48 bits per heavy atom. The molecule has 0 fully saturated rings. The van der Waals surface area contributed by atoms with Gasteiger partial charge in [-0.3, -0.25) is 4.79 Å². The van der Waals surface area contributed by atoms with E-state index in [1.165, 1.54) is 6.08 Å². The number of nitrogens with one attached hydrogen (secondary N) is 1. The van der Waals surface area contributed by atoms with Crippen LogP contribution in [-0.2, 0) is 9.59 Å². The average Bonchev–Trinajstić information content (AvgIpc) is 2.49. The largest absolute Gasteiger partial charge is 0.480 e. The smallest absolute Gasteiger partial charge is 0.326 e. The number of nitrogens with zero attached hydrogens (tertiary/aromatic N) is 1.